The summed E-state index contributed by atoms with van der Waals surface area (Å²) in [5.41, 5.74) is 1.04. The molecular formula is C18H17ClO2. The number of halogens is 1. The van der Waals surface area contributed by atoms with Gasteiger partial charge in [0.2, 0.25) is 0 Å². The highest BCUT2D eigenvalue weighted by Crippen LogP contribution is 2.58. The molecular weight excluding hydrogens is 284 g/mol. The Kier molecular flexibility index (Phi) is 2.88. The van der Waals surface area contributed by atoms with Crippen LogP contribution in [0, 0.1) is 17.3 Å². The maximum atomic E-state index is 12.9. The number of aliphatic hydroxyl groups excluding tert-OH is 1. The number of benzene rings is 1. The minimum atomic E-state index is -0.836. The molecule has 0 radical (unpaired) electrons. The predicted octanol–water partition coefficient (Wildman–Crippen LogP) is 3.86. The van der Waals surface area contributed by atoms with Gasteiger partial charge in [-0.3, -0.25) is 4.79 Å². The summed E-state index contributed by atoms with van der Waals surface area (Å²) >= 11 is 5.88. The maximum absolute atomic E-state index is 12.9. The minimum absolute atomic E-state index is 0.154. The van der Waals surface area contributed by atoms with E-state index in [4.69, 9.17) is 11.6 Å². The summed E-state index contributed by atoms with van der Waals surface area (Å²) in [6, 6.07) is 7.06. The highest BCUT2D eigenvalue weighted by atomic mass is 35.5. The van der Waals surface area contributed by atoms with Crippen LogP contribution in [-0.4, -0.2) is 10.9 Å². The number of carbonyl (C=O) groups excluding carboxylic acids is 1. The Bertz CT molecular complexity index is 658. The molecule has 0 saturated heterocycles. The Labute approximate surface area is 129 Å². The number of carbonyl (C=O) groups is 1. The SMILES string of the molecule is O=C1C(C(O)c2ccc(Cl)cc2)=CCC12C[C@H]1C=C[C@@H]2C1. The van der Waals surface area contributed by atoms with Gasteiger partial charge in [0, 0.05) is 16.0 Å². The number of hydrogen-bond donors (Lipinski definition) is 1. The lowest BCUT2D eigenvalue weighted by Crippen LogP contribution is -2.33. The highest BCUT2D eigenvalue weighted by molar-refractivity contribution is 6.30. The zero-order chi connectivity index (χ0) is 14.6. The van der Waals surface area contributed by atoms with Crippen LogP contribution >= 0.6 is 11.6 Å². The van der Waals surface area contributed by atoms with Crippen LogP contribution in [0.15, 0.2) is 48.1 Å². The maximum Gasteiger partial charge on any atom is 0.168 e. The molecule has 21 heavy (non-hydrogen) atoms. The lowest BCUT2D eigenvalue weighted by molar-refractivity contribution is -0.125. The van der Waals surface area contributed by atoms with Crippen LogP contribution in [0.4, 0.5) is 0 Å². The summed E-state index contributed by atoms with van der Waals surface area (Å²) in [6.07, 6.45) is 8.39. The van der Waals surface area contributed by atoms with Crippen molar-refractivity contribution in [3.05, 3.63) is 58.7 Å². The molecule has 1 N–H and O–H groups in total. The van der Waals surface area contributed by atoms with Crippen LogP contribution in [0.5, 0.6) is 0 Å². The van der Waals surface area contributed by atoms with Crippen molar-refractivity contribution in [2.24, 2.45) is 17.3 Å². The van der Waals surface area contributed by atoms with Crippen LogP contribution in [0.3, 0.4) is 0 Å². The predicted molar refractivity (Wildman–Crippen MR) is 81.9 cm³/mol. The zero-order valence-corrected chi connectivity index (χ0v) is 12.4. The van der Waals surface area contributed by atoms with Crippen LogP contribution in [0.2, 0.25) is 5.02 Å². The topological polar surface area (TPSA) is 37.3 Å². The van der Waals surface area contributed by atoms with Crippen molar-refractivity contribution in [3.8, 4) is 0 Å². The van der Waals surface area contributed by atoms with E-state index in [-0.39, 0.29) is 11.2 Å². The fourth-order valence-electron chi connectivity index (χ4n) is 4.28. The van der Waals surface area contributed by atoms with Gasteiger partial charge in [0.1, 0.15) is 6.10 Å². The van der Waals surface area contributed by atoms with Crippen molar-refractivity contribution >= 4 is 17.4 Å². The fourth-order valence-corrected chi connectivity index (χ4v) is 4.40. The van der Waals surface area contributed by atoms with E-state index in [0.29, 0.717) is 22.4 Å². The largest absolute Gasteiger partial charge is 0.384 e. The number of allylic oxidation sites excluding steroid dienone is 3. The van der Waals surface area contributed by atoms with Crippen molar-refractivity contribution in [1.29, 1.82) is 0 Å². The third-order valence-electron chi connectivity index (χ3n) is 5.39. The smallest absolute Gasteiger partial charge is 0.168 e. The van der Waals surface area contributed by atoms with Gasteiger partial charge in [-0.05, 0) is 48.8 Å². The molecule has 2 bridgehead atoms. The number of aliphatic hydroxyl groups is 1. The second-order valence-electron chi connectivity index (χ2n) is 6.49. The summed E-state index contributed by atoms with van der Waals surface area (Å²) in [4.78, 5) is 12.9. The summed E-state index contributed by atoms with van der Waals surface area (Å²) in [6.45, 7) is 0. The van der Waals surface area contributed by atoms with E-state index >= 15 is 0 Å². The molecule has 108 valence electrons. The van der Waals surface area contributed by atoms with Crippen molar-refractivity contribution in [2.75, 3.05) is 0 Å². The van der Waals surface area contributed by atoms with Crippen LogP contribution in [0.25, 0.3) is 0 Å². The van der Waals surface area contributed by atoms with Gasteiger partial charge in [0.15, 0.2) is 5.78 Å². The Balaban J connectivity index is 1.61. The Morgan fingerprint density at radius 3 is 2.62 bits per heavy atom. The van der Waals surface area contributed by atoms with Crippen molar-refractivity contribution in [3.63, 3.8) is 0 Å². The third-order valence-corrected chi connectivity index (χ3v) is 5.64. The van der Waals surface area contributed by atoms with Gasteiger partial charge >= 0.3 is 0 Å². The zero-order valence-electron chi connectivity index (χ0n) is 11.6. The molecule has 2 unspecified atom stereocenters. The van der Waals surface area contributed by atoms with Crippen molar-refractivity contribution in [1.82, 2.24) is 0 Å². The first-order chi connectivity index (χ1) is 10.1. The molecule has 0 heterocycles. The van der Waals surface area contributed by atoms with Gasteiger partial charge in [-0.1, -0.05) is 42.0 Å². The molecule has 3 aliphatic carbocycles. The van der Waals surface area contributed by atoms with Gasteiger partial charge in [0.25, 0.3) is 0 Å². The van der Waals surface area contributed by atoms with Gasteiger partial charge < -0.3 is 5.11 Å². The van der Waals surface area contributed by atoms with Crippen LogP contribution in [0.1, 0.15) is 30.9 Å². The average Bonchev–Trinajstić information content (AvgIpc) is 3.16. The quantitative estimate of drug-likeness (QED) is 0.842. The van der Waals surface area contributed by atoms with Gasteiger partial charge in [-0.2, -0.15) is 0 Å². The molecule has 2 nitrogen and oxygen atoms in total. The van der Waals surface area contributed by atoms with E-state index < -0.39 is 6.10 Å². The average molecular weight is 301 g/mol. The molecule has 3 heteroatoms. The van der Waals surface area contributed by atoms with E-state index in [2.05, 4.69) is 12.2 Å². The summed E-state index contributed by atoms with van der Waals surface area (Å²) in [5.74, 6) is 1.07. The number of fused-ring (bicyclic) bond motifs is 3. The third kappa shape index (κ3) is 1.86. The lowest BCUT2D eigenvalue weighted by Gasteiger charge is -2.30. The molecule has 0 aromatic heterocycles. The molecule has 1 fully saturated rings. The molecule has 3 aliphatic rings. The fraction of sp³-hybridized carbons (Fsp3) is 0.389. The van der Waals surface area contributed by atoms with Crippen molar-refractivity contribution in [2.45, 2.75) is 25.4 Å². The monoisotopic (exact) mass is 300 g/mol. The van der Waals surface area contributed by atoms with E-state index in [1.165, 1.54) is 0 Å². The van der Waals surface area contributed by atoms with E-state index in [0.717, 1.165) is 24.8 Å². The molecule has 1 aromatic rings. The Morgan fingerprint density at radius 1 is 1.24 bits per heavy atom. The number of rotatable bonds is 2. The number of Topliss-reactive ketones (excluding diaryl/α,β-unsaturated/α-hetero) is 1. The van der Waals surface area contributed by atoms with Gasteiger partial charge in [0.05, 0.1) is 0 Å². The second-order valence-corrected chi connectivity index (χ2v) is 6.93. The van der Waals surface area contributed by atoms with E-state index in [9.17, 15) is 9.90 Å². The first kappa shape index (κ1) is 13.3. The molecule has 0 aliphatic heterocycles. The summed E-state index contributed by atoms with van der Waals surface area (Å²) in [7, 11) is 0. The van der Waals surface area contributed by atoms with Crippen molar-refractivity contribution < 1.29 is 9.90 Å². The number of ketones is 1. The first-order valence-corrected chi connectivity index (χ1v) is 7.85. The van der Waals surface area contributed by atoms with Crippen LogP contribution < -0.4 is 0 Å². The molecule has 4 rings (SSSR count). The molecule has 0 amide bonds. The lowest BCUT2D eigenvalue weighted by atomic mass is 9.72. The molecule has 1 aromatic carbocycles. The number of hydrogen-bond acceptors (Lipinski definition) is 2. The minimum Gasteiger partial charge on any atom is -0.384 e. The molecule has 1 spiro atoms. The summed E-state index contributed by atoms with van der Waals surface area (Å²) in [5, 5.41) is 11.2. The standard InChI is InChI=1S/C18H17ClO2/c19-14-5-2-12(3-6-14)16(20)15-7-8-18(17(15)21)10-11-1-4-13(18)9-11/h1-7,11,13,16,20H,8-10H2/t11-,13+,16?,18?/m0/s1. The summed E-state index contributed by atoms with van der Waals surface area (Å²) < 4.78 is 0. The van der Waals surface area contributed by atoms with E-state index in [1.807, 2.05) is 6.08 Å². The second kappa shape index (κ2) is 4.56. The normalized spacial score (nSPS) is 34.8. The Hall–Kier alpha value is -1.38. The molecule has 4 atom stereocenters. The van der Waals surface area contributed by atoms with Gasteiger partial charge in [-0.25, -0.2) is 0 Å². The van der Waals surface area contributed by atoms with Gasteiger partial charge in [-0.15, -0.1) is 0 Å². The van der Waals surface area contributed by atoms with E-state index in [1.54, 1.807) is 24.3 Å². The first-order valence-electron chi connectivity index (χ1n) is 7.47. The molecule has 1 saturated carbocycles. The highest BCUT2D eigenvalue weighted by Gasteiger charge is 2.56. The van der Waals surface area contributed by atoms with Crippen LogP contribution in [-0.2, 0) is 4.79 Å². The Morgan fingerprint density at radius 2 is 2.00 bits per heavy atom.